The Kier molecular flexibility index (Phi) is 7.37. The number of benzene rings is 1. The first kappa shape index (κ1) is 21.1. The second kappa shape index (κ2) is 9.10. The van der Waals surface area contributed by atoms with Crippen LogP contribution in [0.5, 0.6) is 0 Å². The van der Waals surface area contributed by atoms with Crippen molar-refractivity contribution in [3.8, 4) is 0 Å². The van der Waals surface area contributed by atoms with Crippen LogP contribution in [0.1, 0.15) is 5.56 Å². The Morgan fingerprint density at radius 2 is 1.85 bits per heavy atom. The van der Waals surface area contributed by atoms with E-state index in [1.165, 1.54) is 0 Å². The highest BCUT2D eigenvalue weighted by molar-refractivity contribution is 8.14. The highest BCUT2D eigenvalue weighted by Gasteiger charge is 2.44. The highest BCUT2D eigenvalue weighted by Crippen LogP contribution is 2.30. The fourth-order valence-electron chi connectivity index (χ4n) is 2.25. The van der Waals surface area contributed by atoms with Crippen molar-refractivity contribution in [2.24, 2.45) is 5.16 Å². The van der Waals surface area contributed by atoms with Gasteiger partial charge in [-0.1, -0.05) is 47.2 Å². The van der Waals surface area contributed by atoms with Crippen LogP contribution in [0.25, 0.3) is 0 Å². The molecule has 26 heavy (non-hydrogen) atoms. The summed E-state index contributed by atoms with van der Waals surface area (Å²) in [6.45, 7) is -0.612. The molecular formula is C14H18NO9S2-. The molecule has 1 aromatic carbocycles. The van der Waals surface area contributed by atoms with Crippen LogP contribution in [-0.2, 0) is 25.8 Å². The summed E-state index contributed by atoms with van der Waals surface area (Å²) in [4.78, 5) is 0. The van der Waals surface area contributed by atoms with Gasteiger partial charge in [0.1, 0.15) is 34.9 Å². The largest absolute Gasteiger partial charge is 0.714 e. The summed E-state index contributed by atoms with van der Waals surface area (Å²) in [7, 11) is -5.08. The molecular weight excluding hydrogens is 390 g/mol. The van der Waals surface area contributed by atoms with Crippen molar-refractivity contribution >= 4 is 27.2 Å². The van der Waals surface area contributed by atoms with E-state index < -0.39 is 46.9 Å². The zero-order valence-corrected chi connectivity index (χ0v) is 14.9. The predicted octanol–water partition coefficient (Wildman–Crippen LogP) is -1.45. The second-order valence-corrected chi connectivity index (χ2v) is 7.58. The maximum Gasteiger partial charge on any atom is 0.284 e. The van der Waals surface area contributed by atoms with Crippen molar-refractivity contribution in [1.82, 2.24) is 0 Å². The molecule has 1 heterocycles. The number of aliphatic hydroxyl groups is 4. The molecule has 0 saturated carbocycles. The minimum absolute atomic E-state index is 0.0278. The molecule has 4 N–H and O–H groups in total. The van der Waals surface area contributed by atoms with Gasteiger partial charge in [-0.25, -0.2) is 0 Å². The molecule has 0 aromatic heterocycles. The lowest BCUT2D eigenvalue weighted by atomic mass is 10.0. The lowest BCUT2D eigenvalue weighted by molar-refractivity contribution is -0.205. The zero-order valence-electron chi connectivity index (χ0n) is 13.3. The van der Waals surface area contributed by atoms with Crippen molar-refractivity contribution < 1.29 is 42.4 Å². The molecule has 10 nitrogen and oxygen atoms in total. The van der Waals surface area contributed by atoms with E-state index in [0.29, 0.717) is 17.3 Å². The third kappa shape index (κ3) is 5.89. The van der Waals surface area contributed by atoms with E-state index >= 15 is 0 Å². The normalized spacial score (nSPS) is 30.2. The number of oxime groups is 1. The molecule has 0 aliphatic carbocycles. The predicted molar refractivity (Wildman–Crippen MR) is 89.7 cm³/mol. The summed E-state index contributed by atoms with van der Waals surface area (Å²) in [5.74, 6) is 0. The molecule has 5 unspecified atom stereocenters. The molecule has 0 spiro atoms. The number of hydrogen-bond acceptors (Lipinski definition) is 11. The van der Waals surface area contributed by atoms with Gasteiger partial charge in [0.05, 0.1) is 6.61 Å². The van der Waals surface area contributed by atoms with Gasteiger partial charge >= 0.3 is 0 Å². The zero-order chi connectivity index (χ0) is 19.3. The summed E-state index contributed by atoms with van der Waals surface area (Å²) in [5.41, 5.74) is -0.485. The van der Waals surface area contributed by atoms with E-state index in [1.54, 1.807) is 30.3 Å². The standard InChI is InChI=1S/C14H19NO9S2/c16-7-9-11(17)12(18)13(19)14(23-9)25-10(15-24-26(20,21)22)6-8-4-2-1-3-5-8/h1-5,9,11-14,16-19H,6-7H2,(H,20,21,22)/p-1/b15-10+. The van der Waals surface area contributed by atoms with E-state index in [1.807, 2.05) is 0 Å². The molecule has 0 radical (unpaired) electrons. The topological polar surface area (TPSA) is 169 Å². The van der Waals surface area contributed by atoms with Crippen LogP contribution >= 0.6 is 11.8 Å². The van der Waals surface area contributed by atoms with Crippen LogP contribution in [0.3, 0.4) is 0 Å². The van der Waals surface area contributed by atoms with E-state index in [2.05, 4.69) is 9.44 Å². The van der Waals surface area contributed by atoms with E-state index in [-0.39, 0.29) is 11.5 Å². The number of ether oxygens (including phenoxy) is 1. The SMILES string of the molecule is O=S(=O)([O-])O/N=C(\Cc1ccccc1)SC1OC(CO)C(O)C(O)C1O. The lowest BCUT2D eigenvalue weighted by Crippen LogP contribution is -2.57. The highest BCUT2D eigenvalue weighted by atomic mass is 32.3. The van der Waals surface area contributed by atoms with Crippen molar-refractivity contribution in [2.75, 3.05) is 6.61 Å². The first-order chi connectivity index (χ1) is 12.2. The molecule has 2 rings (SSSR count). The lowest BCUT2D eigenvalue weighted by Gasteiger charge is -2.39. The molecule has 1 aromatic rings. The molecule has 0 amide bonds. The number of thioether (sulfide) groups is 1. The molecule has 1 aliphatic heterocycles. The number of hydrogen-bond donors (Lipinski definition) is 4. The maximum atomic E-state index is 10.7. The van der Waals surface area contributed by atoms with Crippen molar-refractivity contribution in [1.29, 1.82) is 0 Å². The molecule has 1 aliphatic rings. The molecule has 146 valence electrons. The third-order valence-corrected chi connectivity index (χ3v) is 4.90. The Hall–Kier alpha value is -1.25. The Balaban J connectivity index is 2.19. The first-order valence-electron chi connectivity index (χ1n) is 7.43. The van der Waals surface area contributed by atoms with Crippen LogP contribution in [-0.4, -0.2) is 74.9 Å². The van der Waals surface area contributed by atoms with Gasteiger partial charge in [-0.3, -0.25) is 4.28 Å². The summed E-state index contributed by atoms with van der Waals surface area (Å²) in [6, 6.07) is 8.67. The van der Waals surface area contributed by atoms with E-state index in [9.17, 15) is 33.4 Å². The summed E-state index contributed by atoms with van der Waals surface area (Å²) < 4.78 is 41.2. The second-order valence-electron chi connectivity index (χ2n) is 5.45. The first-order valence-corrected chi connectivity index (χ1v) is 9.65. The molecule has 12 heteroatoms. The molecule has 1 fully saturated rings. The van der Waals surface area contributed by atoms with Crippen molar-refractivity contribution in [3.63, 3.8) is 0 Å². The van der Waals surface area contributed by atoms with Crippen LogP contribution in [0.4, 0.5) is 0 Å². The Morgan fingerprint density at radius 3 is 2.42 bits per heavy atom. The van der Waals surface area contributed by atoms with Gasteiger partial charge in [0.25, 0.3) is 10.4 Å². The average molecular weight is 408 g/mol. The average Bonchev–Trinajstić information content (AvgIpc) is 2.60. The van der Waals surface area contributed by atoms with Crippen molar-refractivity contribution in [2.45, 2.75) is 36.3 Å². The van der Waals surface area contributed by atoms with Gasteiger partial charge in [-0.15, -0.1) is 0 Å². The monoisotopic (exact) mass is 408 g/mol. The Labute approximate surface area is 154 Å². The van der Waals surface area contributed by atoms with Crippen LogP contribution in [0.2, 0.25) is 0 Å². The summed E-state index contributed by atoms with van der Waals surface area (Å²) in [6.07, 6.45) is -5.76. The van der Waals surface area contributed by atoms with Gasteiger partial charge in [0.2, 0.25) is 0 Å². The van der Waals surface area contributed by atoms with Crippen LogP contribution in [0, 0.1) is 0 Å². The van der Waals surface area contributed by atoms with Crippen LogP contribution < -0.4 is 0 Å². The number of nitrogens with zero attached hydrogens (tertiary/aromatic N) is 1. The van der Waals surface area contributed by atoms with Gasteiger partial charge in [-0.05, 0) is 5.56 Å². The number of rotatable bonds is 6. The molecule has 1 saturated heterocycles. The molecule has 0 bridgehead atoms. The minimum Gasteiger partial charge on any atom is -0.714 e. The number of aliphatic hydroxyl groups excluding tert-OH is 4. The van der Waals surface area contributed by atoms with E-state index in [4.69, 9.17) is 4.74 Å². The van der Waals surface area contributed by atoms with Crippen molar-refractivity contribution in [3.05, 3.63) is 35.9 Å². The summed E-state index contributed by atoms with van der Waals surface area (Å²) >= 11 is 0.701. The Morgan fingerprint density at radius 1 is 1.19 bits per heavy atom. The summed E-state index contributed by atoms with van der Waals surface area (Å²) in [5, 5.41) is 42.1. The molecule has 5 atom stereocenters. The van der Waals surface area contributed by atoms with Gasteiger partial charge in [-0.2, -0.15) is 8.42 Å². The van der Waals surface area contributed by atoms with E-state index in [0.717, 1.165) is 0 Å². The smallest absolute Gasteiger partial charge is 0.284 e. The Bertz CT molecular complexity index is 710. The van der Waals surface area contributed by atoms with Gasteiger partial charge < -0.3 is 29.7 Å². The fourth-order valence-corrected chi connectivity index (χ4v) is 3.58. The minimum atomic E-state index is -5.08. The fraction of sp³-hybridized carbons (Fsp3) is 0.500. The maximum absolute atomic E-state index is 10.7. The quantitative estimate of drug-likeness (QED) is 0.144. The van der Waals surface area contributed by atoms with Crippen LogP contribution in [0.15, 0.2) is 35.5 Å². The van der Waals surface area contributed by atoms with Gasteiger partial charge in [0.15, 0.2) is 0 Å². The van der Waals surface area contributed by atoms with Gasteiger partial charge in [0, 0.05) is 6.42 Å². The third-order valence-electron chi connectivity index (χ3n) is 3.53.